The van der Waals surface area contributed by atoms with Gasteiger partial charge in [-0.15, -0.1) is 11.3 Å². The lowest BCUT2D eigenvalue weighted by molar-refractivity contribution is 0.427. The summed E-state index contributed by atoms with van der Waals surface area (Å²) in [6, 6.07) is 4.24. The van der Waals surface area contributed by atoms with Crippen LogP contribution in [0.25, 0.3) is 0 Å². The lowest BCUT2D eigenvalue weighted by Crippen LogP contribution is -2.00. The fourth-order valence-electron chi connectivity index (χ4n) is 2.07. The Morgan fingerprint density at radius 1 is 1.43 bits per heavy atom. The maximum Gasteiger partial charge on any atom is 0.173 e. The molecule has 14 heavy (non-hydrogen) atoms. The molecular formula is C11H15BrOS. The van der Waals surface area contributed by atoms with E-state index in [9.17, 15) is 0 Å². The molecule has 2 rings (SSSR count). The molecule has 1 aromatic rings. The van der Waals surface area contributed by atoms with E-state index in [2.05, 4.69) is 28.1 Å². The van der Waals surface area contributed by atoms with Gasteiger partial charge in [-0.25, -0.2) is 0 Å². The number of hydrogen-bond acceptors (Lipinski definition) is 2. The Labute approximate surface area is 97.6 Å². The van der Waals surface area contributed by atoms with Crippen molar-refractivity contribution in [2.45, 2.75) is 30.5 Å². The van der Waals surface area contributed by atoms with Crippen LogP contribution in [0, 0.1) is 5.92 Å². The molecule has 1 heterocycles. The van der Waals surface area contributed by atoms with Crippen LogP contribution >= 0.6 is 27.3 Å². The Hall–Kier alpha value is -0.0200. The second kappa shape index (κ2) is 4.67. The first kappa shape index (κ1) is 10.5. The topological polar surface area (TPSA) is 9.23 Å². The quantitative estimate of drug-likeness (QED) is 0.744. The van der Waals surface area contributed by atoms with E-state index in [1.54, 1.807) is 18.4 Å². The highest BCUT2D eigenvalue weighted by Gasteiger charge is 2.25. The van der Waals surface area contributed by atoms with Gasteiger partial charge in [0, 0.05) is 4.88 Å². The summed E-state index contributed by atoms with van der Waals surface area (Å²) in [6.45, 7) is 0. The maximum absolute atomic E-state index is 5.21. The van der Waals surface area contributed by atoms with Crippen LogP contribution < -0.4 is 4.74 Å². The van der Waals surface area contributed by atoms with E-state index in [1.807, 2.05) is 0 Å². The van der Waals surface area contributed by atoms with Gasteiger partial charge in [-0.05, 0) is 30.9 Å². The second-order valence-corrected chi connectivity index (χ2v) is 5.87. The molecule has 0 aliphatic heterocycles. The SMILES string of the molecule is COc1ccc(C(Br)C2CCCC2)s1. The van der Waals surface area contributed by atoms with E-state index >= 15 is 0 Å². The smallest absolute Gasteiger partial charge is 0.173 e. The Morgan fingerprint density at radius 3 is 2.71 bits per heavy atom. The van der Waals surface area contributed by atoms with Crippen LogP contribution in [0.2, 0.25) is 0 Å². The Kier molecular flexibility index (Phi) is 3.50. The molecule has 0 saturated heterocycles. The predicted molar refractivity (Wildman–Crippen MR) is 64.5 cm³/mol. The van der Waals surface area contributed by atoms with Crippen molar-refractivity contribution in [2.75, 3.05) is 7.11 Å². The molecule has 78 valence electrons. The molecule has 1 aromatic heterocycles. The molecular weight excluding hydrogens is 260 g/mol. The molecule has 1 saturated carbocycles. The fraction of sp³-hybridized carbons (Fsp3) is 0.636. The third kappa shape index (κ3) is 2.14. The van der Waals surface area contributed by atoms with Gasteiger partial charge in [0.1, 0.15) is 0 Å². The van der Waals surface area contributed by atoms with E-state index in [1.165, 1.54) is 30.6 Å². The zero-order chi connectivity index (χ0) is 9.97. The Balaban J connectivity index is 2.05. The van der Waals surface area contributed by atoms with Gasteiger partial charge in [-0.2, -0.15) is 0 Å². The summed E-state index contributed by atoms with van der Waals surface area (Å²) in [6.07, 6.45) is 5.54. The van der Waals surface area contributed by atoms with Gasteiger partial charge in [0.05, 0.1) is 11.9 Å². The normalized spacial score (nSPS) is 19.9. The minimum Gasteiger partial charge on any atom is -0.487 e. The average molecular weight is 275 g/mol. The van der Waals surface area contributed by atoms with E-state index in [4.69, 9.17) is 4.74 Å². The first-order chi connectivity index (χ1) is 6.81. The molecule has 1 aliphatic rings. The number of halogens is 1. The van der Waals surface area contributed by atoms with Crippen molar-refractivity contribution in [1.29, 1.82) is 0 Å². The summed E-state index contributed by atoms with van der Waals surface area (Å²) in [7, 11) is 1.73. The average Bonchev–Trinajstić information content (AvgIpc) is 2.88. The highest BCUT2D eigenvalue weighted by molar-refractivity contribution is 9.09. The lowest BCUT2D eigenvalue weighted by Gasteiger charge is -2.14. The number of methoxy groups -OCH3 is 1. The Morgan fingerprint density at radius 2 is 2.14 bits per heavy atom. The number of alkyl halides is 1. The molecule has 0 amide bonds. The molecule has 0 aromatic carbocycles. The van der Waals surface area contributed by atoms with E-state index < -0.39 is 0 Å². The number of rotatable bonds is 3. The van der Waals surface area contributed by atoms with E-state index in [0.29, 0.717) is 4.83 Å². The lowest BCUT2D eigenvalue weighted by atomic mass is 10.0. The second-order valence-electron chi connectivity index (χ2n) is 3.81. The van der Waals surface area contributed by atoms with Gasteiger partial charge in [-0.1, -0.05) is 28.8 Å². The summed E-state index contributed by atoms with van der Waals surface area (Å²) < 4.78 is 5.21. The zero-order valence-electron chi connectivity index (χ0n) is 8.33. The molecule has 0 spiro atoms. The summed E-state index contributed by atoms with van der Waals surface area (Å²) in [5, 5.41) is 1.02. The highest BCUT2D eigenvalue weighted by atomic mass is 79.9. The number of hydrogen-bond donors (Lipinski definition) is 0. The van der Waals surface area contributed by atoms with Crippen molar-refractivity contribution in [3.8, 4) is 5.06 Å². The Bertz CT molecular complexity index is 291. The minimum absolute atomic E-state index is 0.541. The van der Waals surface area contributed by atoms with Crippen molar-refractivity contribution < 1.29 is 4.74 Å². The minimum atomic E-state index is 0.541. The summed E-state index contributed by atoms with van der Waals surface area (Å²) in [5.41, 5.74) is 0. The summed E-state index contributed by atoms with van der Waals surface area (Å²) in [4.78, 5) is 1.95. The summed E-state index contributed by atoms with van der Waals surface area (Å²) >= 11 is 5.57. The molecule has 3 heteroatoms. The molecule has 1 atom stereocenters. The van der Waals surface area contributed by atoms with Crippen LogP contribution in [0.15, 0.2) is 12.1 Å². The third-order valence-electron chi connectivity index (χ3n) is 2.89. The standard InChI is InChI=1S/C11H15BrOS/c1-13-10-7-6-9(14-10)11(12)8-4-2-3-5-8/h6-8,11H,2-5H2,1H3. The maximum atomic E-state index is 5.21. The summed E-state index contributed by atoms with van der Waals surface area (Å²) in [5.74, 6) is 0.832. The van der Waals surface area contributed by atoms with Gasteiger partial charge < -0.3 is 4.74 Å². The zero-order valence-corrected chi connectivity index (χ0v) is 10.7. The largest absolute Gasteiger partial charge is 0.487 e. The molecule has 1 aliphatic carbocycles. The highest BCUT2D eigenvalue weighted by Crippen LogP contribution is 2.44. The van der Waals surface area contributed by atoms with E-state index in [0.717, 1.165) is 11.0 Å². The predicted octanol–water partition coefficient (Wildman–Crippen LogP) is 4.38. The van der Waals surface area contributed by atoms with Crippen LogP contribution in [0.4, 0.5) is 0 Å². The van der Waals surface area contributed by atoms with Crippen molar-refractivity contribution in [2.24, 2.45) is 5.92 Å². The van der Waals surface area contributed by atoms with Crippen LogP contribution in [0.3, 0.4) is 0 Å². The van der Waals surface area contributed by atoms with Gasteiger partial charge >= 0.3 is 0 Å². The van der Waals surface area contributed by atoms with Crippen LogP contribution in [0.5, 0.6) is 5.06 Å². The van der Waals surface area contributed by atoms with Gasteiger partial charge in [0.2, 0.25) is 0 Å². The van der Waals surface area contributed by atoms with Crippen LogP contribution in [0.1, 0.15) is 35.4 Å². The molecule has 0 N–H and O–H groups in total. The monoisotopic (exact) mass is 274 g/mol. The van der Waals surface area contributed by atoms with Gasteiger partial charge in [0.15, 0.2) is 5.06 Å². The van der Waals surface area contributed by atoms with Crippen molar-refractivity contribution in [3.05, 3.63) is 17.0 Å². The van der Waals surface area contributed by atoms with E-state index in [-0.39, 0.29) is 0 Å². The van der Waals surface area contributed by atoms with Crippen LogP contribution in [-0.2, 0) is 0 Å². The van der Waals surface area contributed by atoms with Crippen molar-refractivity contribution in [1.82, 2.24) is 0 Å². The number of thiophene rings is 1. The van der Waals surface area contributed by atoms with Gasteiger partial charge in [0.25, 0.3) is 0 Å². The molecule has 1 nitrogen and oxygen atoms in total. The van der Waals surface area contributed by atoms with Gasteiger partial charge in [-0.3, -0.25) is 0 Å². The van der Waals surface area contributed by atoms with Crippen molar-refractivity contribution >= 4 is 27.3 Å². The first-order valence-corrected chi connectivity index (χ1v) is 6.82. The first-order valence-electron chi connectivity index (χ1n) is 5.09. The molecule has 1 unspecified atom stereocenters. The number of ether oxygens (including phenoxy) is 1. The molecule has 0 radical (unpaired) electrons. The third-order valence-corrected chi connectivity index (χ3v) is 5.56. The molecule has 1 fully saturated rings. The van der Waals surface area contributed by atoms with Crippen molar-refractivity contribution in [3.63, 3.8) is 0 Å². The van der Waals surface area contributed by atoms with Crippen LogP contribution in [-0.4, -0.2) is 7.11 Å². The fourth-order valence-corrected chi connectivity index (χ4v) is 3.93. The molecule has 0 bridgehead atoms.